The van der Waals surface area contributed by atoms with Crippen molar-refractivity contribution in [1.82, 2.24) is 0 Å². The molecule has 0 unspecified atom stereocenters. The van der Waals surface area contributed by atoms with Crippen LogP contribution in [0.25, 0.3) is 6.08 Å². The number of anilines is 1. The normalized spacial score (nSPS) is 11.0. The van der Waals surface area contributed by atoms with Crippen molar-refractivity contribution in [3.05, 3.63) is 99.3 Å². The summed E-state index contributed by atoms with van der Waals surface area (Å²) in [5, 5.41) is 12.8. The van der Waals surface area contributed by atoms with Crippen molar-refractivity contribution in [3.8, 4) is 11.8 Å². The molecule has 0 bridgehead atoms. The summed E-state index contributed by atoms with van der Waals surface area (Å²) < 4.78 is 19.8. The Kier molecular flexibility index (Phi) is 7.64. The van der Waals surface area contributed by atoms with Crippen LogP contribution in [0.5, 0.6) is 5.75 Å². The number of hydrogen-bond acceptors (Lipinski definition) is 3. The SMILES string of the molecule is CCOc1cc(/C=C(\C#N)C(=O)Nc2cccc(Cl)c2C)ccc1Cc1ccccc1F. The average Bonchev–Trinajstić information content (AvgIpc) is 2.78. The Hall–Kier alpha value is -3.62. The van der Waals surface area contributed by atoms with Gasteiger partial charge in [-0.1, -0.05) is 48.0 Å². The van der Waals surface area contributed by atoms with E-state index in [4.69, 9.17) is 16.3 Å². The molecule has 3 aromatic carbocycles. The minimum absolute atomic E-state index is 0.0614. The molecule has 0 fully saturated rings. The zero-order chi connectivity index (χ0) is 23.1. The van der Waals surface area contributed by atoms with Crippen molar-refractivity contribution in [2.45, 2.75) is 20.3 Å². The third-order valence-electron chi connectivity index (χ3n) is 4.92. The molecular formula is C26H22ClFN2O2. The molecule has 4 nitrogen and oxygen atoms in total. The van der Waals surface area contributed by atoms with Crippen LogP contribution in [0, 0.1) is 24.1 Å². The maximum absolute atomic E-state index is 14.1. The molecule has 1 amide bonds. The molecule has 162 valence electrons. The van der Waals surface area contributed by atoms with Crippen LogP contribution < -0.4 is 10.1 Å². The summed E-state index contributed by atoms with van der Waals surface area (Å²) in [5.41, 5.74) is 3.20. The van der Waals surface area contributed by atoms with Gasteiger partial charge in [0.1, 0.15) is 23.2 Å². The first-order chi connectivity index (χ1) is 15.4. The molecule has 0 saturated heterocycles. The van der Waals surface area contributed by atoms with Crippen molar-refractivity contribution in [1.29, 1.82) is 5.26 Å². The monoisotopic (exact) mass is 448 g/mol. The number of nitrogens with zero attached hydrogens (tertiary/aromatic N) is 1. The Morgan fingerprint density at radius 3 is 2.66 bits per heavy atom. The van der Waals surface area contributed by atoms with E-state index in [-0.39, 0.29) is 11.4 Å². The lowest BCUT2D eigenvalue weighted by atomic mass is 10.0. The Labute approximate surface area is 191 Å². The van der Waals surface area contributed by atoms with Gasteiger partial charge in [-0.05, 0) is 66.4 Å². The number of carbonyl (C=O) groups excluding carboxylic acids is 1. The summed E-state index contributed by atoms with van der Waals surface area (Å²) in [6.07, 6.45) is 1.86. The zero-order valence-electron chi connectivity index (χ0n) is 17.8. The van der Waals surface area contributed by atoms with Crippen LogP contribution >= 0.6 is 11.6 Å². The number of hydrogen-bond donors (Lipinski definition) is 1. The highest BCUT2D eigenvalue weighted by molar-refractivity contribution is 6.31. The maximum atomic E-state index is 14.1. The fraction of sp³-hybridized carbons (Fsp3) is 0.154. The number of amides is 1. The number of rotatable bonds is 7. The first kappa shape index (κ1) is 23.1. The lowest BCUT2D eigenvalue weighted by Gasteiger charge is -2.12. The molecule has 0 aromatic heterocycles. The molecule has 0 aliphatic carbocycles. The van der Waals surface area contributed by atoms with Gasteiger partial charge in [0.2, 0.25) is 0 Å². The molecule has 0 aliphatic rings. The quantitative estimate of drug-likeness (QED) is 0.339. The zero-order valence-corrected chi connectivity index (χ0v) is 18.5. The van der Waals surface area contributed by atoms with Gasteiger partial charge in [0.15, 0.2) is 0 Å². The largest absolute Gasteiger partial charge is 0.494 e. The van der Waals surface area contributed by atoms with E-state index in [0.717, 1.165) is 11.1 Å². The molecule has 32 heavy (non-hydrogen) atoms. The molecule has 3 aromatic rings. The Morgan fingerprint density at radius 1 is 1.16 bits per heavy atom. The fourth-order valence-electron chi connectivity index (χ4n) is 3.19. The molecule has 0 atom stereocenters. The summed E-state index contributed by atoms with van der Waals surface area (Å²) in [6.45, 7) is 4.07. The number of ether oxygens (including phenoxy) is 1. The van der Waals surface area contributed by atoms with E-state index in [9.17, 15) is 14.4 Å². The smallest absolute Gasteiger partial charge is 0.266 e. The van der Waals surface area contributed by atoms with Crippen LogP contribution in [0.15, 0.2) is 66.2 Å². The Bertz CT molecular complexity index is 1210. The van der Waals surface area contributed by atoms with E-state index < -0.39 is 5.91 Å². The second-order valence-corrected chi connectivity index (χ2v) is 7.51. The minimum Gasteiger partial charge on any atom is -0.494 e. The molecular weight excluding hydrogens is 427 g/mol. The molecule has 0 heterocycles. The lowest BCUT2D eigenvalue weighted by Crippen LogP contribution is -2.14. The van der Waals surface area contributed by atoms with Crippen molar-refractivity contribution in [2.24, 2.45) is 0 Å². The summed E-state index contributed by atoms with van der Waals surface area (Å²) in [6, 6.07) is 19.0. The maximum Gasteiger partial charge on any atom is 0.266 e. The topological polar surface area (TPSA) is 62.1 Å². The van der Waals surface area contributed by atoms with Gasteiger partial charge in [-0.3, -0.25) is 4.79 Å². The molecule has 6 heteroatoms. The first-order valence-electron chi connectivity index (χ1n) is 10.1. The molecule has 0 aliphatic heterocycles. The number of carbonyl (C=O) groups is 1. The van der Waals surface area contributed by atoms with Gasteiger partial charge in [0.25, 0.3) is 5.91 Å². The van der Waals surface area contributed by atoms with Gasteiger partial charge >= 0.3 is 0 Å². The average molecular weight is 449 g/mol. The Morgan fingerprint density at radius 2 is 1.94 bits per heavy atom. The van der Waals surface area contributed by atoms with Crippen molar-refractivity contribution in [3.63, 3.8) is 0 Å². The van der Waals surface area contributed by atoms with Gasteiger partial charge in [-0.2, -0.15) is 5.26 Å². The second kappa shape index (κ2) is 10.6. The van der Waals surface area contributed by atoms with Crippen LogP contribution in [0.2, 0.25) is 5.02 Å². The third-order valence-corrected chi connectivity index (χ3v) is 5.33. The van der Waals surface area contributed by atoms with Crippen molar-refractivity contribution >= 4 is 29.3 Å². The second-order valence-electron chi connectivity index (χ2n) is 7.10. The summed E-state index contributed by atoms with van der Waals surface area (Å²) >= 11 is 6.10. The number of halogens is 2. The van der Waals surface area contributed by atoms with E-state index >= 15 is 0 Å². The van der Waals surface area contributed by atoms with Crippen LogP contribution in [-0.4, -0.2) is 12.5 Å². The van der Waals surface area contributed by atoms with E-state index in [2.05, 4.69) is 5.32 Å². The fourth-order valence-corrected chi connectivity index (χ4v) is 3.37. The molecule has 0 saturated carbocycles. The summed E-state index contributed by atoms with van der Waals surface area (Å²) in [5.74, 6) is -0.238. The summed E-state index contributed by atoms with van der Waals surface area (Å²) in [4.78, 5) is 12.6. The van der Waals surface area contributed by atoms with Gasteiger partial charge in [0, 0.05) is 17.1 Å². The van der Waals surface area contributed by atoms with Crippen LogP contribution in [-0.2, 0) is 11.2 Å². The van der Waals surface area contributed by atoms with Crippen LogP contribution in [0.3, 0.4) is 0 Å². The highest BCUT2D eigenvalue weighted by Crippen LogP contribution is 2.27. The van der Waals surface area contributed by atoms with E-state index in [1.54, 1.807) is 55.5 Å². The van der Waals surface area contributed by atoms with Gasteiger partial charge in [-0.25, -0.2) is 4.39 Å². The van der Waals surface area contributed by atoms with Gasteiger partial charge < -0.3 is 10.1 Å². The van der Waals surface area contributed by atoms with Crippen LogP contribution in [0.4, 0.5) is 10.1 Å². The molecule has 0 spiro atoms. The van der Waals surface area contributed by atoms with E-state index in [1.807, 2.05) is 19.1 Å². The Balaban J connectivity index is 1.87. The highest BCUT2D eigenvalue weighted by atomic mass is 35.5. The lowest BCUT2D eigenvalue weighted by molar-refractivity contribution is -0.112. The highest BCUT2D eigenvalue weighted by Gasteiger charge is 2.13. The standard InChI is InChI=1S/C26H22ClFN2O2/c1-3-32-25-14-18(11-12-20(25)15-19-7-4-5-9-23(19)28)13-21(16-29)26(31)30-24-10-6-8-22(27)17(24)2/h4-14H,3,15H2,1-2H3,(H,30,31)/b21-13+. The summed E-state index contributed by atoms with van der Waals surface area (Å²) in [7, 11) is 0. The van der Waals surface area contributed by atoms with Gasteiger partial charge in [-0.15, -0.1) is 0 Å². The number of nitriles is 1. The predicted molar refractivity (Wildman–Crippen MR) is 125 cm³/mol. The number of nitrogens with one attached hydrogen (secondary N) is 1. The van der Waals surface area contributed by atoms with Crippen molar-refractivity contribution in [2.75, 3.05) is 11.9 Å². The van der Waals surface area contributed by atoms with Gasteiger partial charge in [0.05, 0.1) is 6.61 Å². The molecule has 0 radical (unpaired) electrons. The third kappa shape index (κ3) is 5.54. The molecule has 1 N–H and O–H groups in total. The van der Waals surface area contributed by atoms with Crippen LogP contribution in [0.1, 0.15) is 29.2 Å². The predicted octanol–water partition coefficient (Wildman–Crippen LogP) is 6.32. The van der Waals surface area contributed by atoms with E-state index in [0.29, 0.717) is 40.6 Å². The number of benzene rings is 3. The molecule has 3 rings (SSSR count). The van der Waals surface area contributed by atoms with Crippen molar-refractivity contribution < 1.29 is 13.9 Å². The minimum atomic E-state index is -0.536. The van der Waals surface area contributed by atoms with E-state index in [1.165, 1.54) is 12.1 Å². The first-order valence-corrected chi connectivity index (χ1v) is 10.5.